The number of nitrogens with one attached hydrogen (secondary N) is 1. The molecule has 0 rings (SSSR count). The van der Waals surface area contributed by atoms with Crippen LogP contribution in [0.5, 0.6) is 0 Å². The monoisotopic (exact) mass is 102 g/mol. The Morgan fingerprint density at radius 2 is 2.57 bits per heavy atom. The molecular weight excluding hydrogens is 92.1 g/mol. The highest BCUT2D eigenvalue weighted by Crippen LogP contribution is 1.65. The van der Waals surface area contributed by atoms with Crippen LogP contribution in [0.3, 0.4) is 0 Å². The molecule has 0 aromatic carbocycles. The first kappa shape index (κ1) is 6.59. The zero-order valence-electron chi connectivity index (χ0n) is 4.48. The van der Waals surface area contributed by atoms with Gasteiger partial charge in [-0.25, -0.2) is 5.48 Å². The average Bonchev–Trinajstić information content (AvgIpc) is 1.69. The molecular formula is C4H10N2O. The molecule has 7 heavy (non-hydrogen) atoms. The minimum absolute atomic E-state index is 0.597. The summed E-state index contributed by atoms with van der Waals surface area (Å²) < 4.78 is 0. The van der Waals surface area contributed by atoms with E-state index in [9.17, 15) is 0 Å². The summed E-state index contributed by atoms with van der Waals surface area (Å²) in [5, 5.41) is 0. The van der Waals surface area contributed by atoms with Crippen LogP contribution in [0, 0.1) is 0 Å². The van der Waals surface area contributed by atoms with Gasteiger partial charge in [0.1, 0.15) is 0 Å². The van der Waals surface area contributed by atoms with E-state index in [0.29, 0.717) is 13.2 Å². The van der Waals surface area contributed by atoms with Crippen LogP contribution < -0.4 is 5.48 Å². The van der Waals surface area contributed by atoms with Gasteiger partial charge in [0, 0.05) is 7.05 Å². The van der Waals surface area contributed by atoms with Gasteiger partial charge in [0.15, 0.2) is 0 Å². The molecule has 0 radical (unpaired) electrons. The molecule has 0 fully saturated rings. The Kier molecular flexibility index (Phi) is 5.26. The lowest BCUT2D eigenvalue weighted by Crippen LogP contribution is -2.09. The van der Waals surface area contributed by atoms with Crippen LogP contribution >= 0.6 is 0 Å². The summed E-state index contributed by atoms with van der Waals surface area (Å²) in [6.07, 6.45) is 0. The smallest absolute Gasteiger partial charge is 0.0877 e. The van der Waals surface area contributed by atoms with Gasteiger partial charge >= 0.3 is 0 Å². The van der Waals surface area contributed by atoms with Crippen molar-refractivity contribution in [2.75, 3.05) is 20.2 Å². The number of hydrogen-bond acceptors (Lipinski definition) is 3. The Balaban J connectivity index is 2.56. The molecule has 0 aromatic rings. The summed E-state index contributed by atoms with van der Waals surface area (Å²) in [5.41, 5.74) is 2.51. The van der Waals surface area contributed by atoms with Gasteiger partial charge in [-0.3, -0.25) is 4.99 Å². The van der Waals surface area contributed by atoms with E-state index in [1.807, 2.05) is 0 Å². The first-order valence-electron chi connectivity index (χ1n) is 2.13. The largest absolute Gasteiger partial charge is 0.300 e. The van der Waals surface area contributed by atoms with E-state index >= 15 is 0 Å². The van der Waals surface area contributed by atoms with E-state index in [1.54, 1.807) is 7.05 Å². The molecule has 0 spiro atoms. The van der Waals surface area contributed by atoms with Gasteiger partial charge in [0.2, 0.25) is 0 Å². The Bertz CT molecular complexity index is 47.0. The van der Waals surface area contributed by atoms with Gasteiger partial charge in [-0.2, -0.15) is 0 Å². The molecule has 0 atom stereocenters. The van der Waals surface area contributed by atoms with Crippen LogP contribution in [-0.2, 0) is 4.84 Å². The molecule has 42 valence electrons. The molecule has 0 saturated carbocycles. The van der Waals surface area contributed by atoms with Crippen molar-refractivity contribution in [2.45, 2.75) is 0 Å². The van der Waals surface area contributed by atoms with Crippen molar-refractivity contribution in [3.05, 3.63) is 0 Å². The van der Waals surface area contributed by atoms with Crippen molar-refractivity contribution in [1.29, 1.82) is 0 Å². The molecule has 3 nitrogen and oxygen atoms in total. The quantitative estimate of drug-likeness (QED) is 0.304. The maximum absolute atomic E-state index is 4.69. The summed E-state index contributed by atoms with van der Waals surface area (Å²) in [6, 6.07) is 0. The van der Waals surface area contributed by atoms with Crippen molar-refractivity contribution < 1.29 is 4.84 Å². The second-order valence-corrected chi connectivity index (χ2v) is 1.000. The predicted octanol–water partition coefficient (Wildman–Crippen LogP) is -0.162. The van der Waals surface area contributed by atoms with Gasteiger partial charge < -0.3 is 4.84 Å². The Hall–Kier alpha value is -0.410. The van der Waals surface area contributed by atoms with Crippen molar-refractivity contribution in [1.82, 2.24) is 5.48 Å². The fourth-order valence-corrected chi connectivity index (χ4v) is 0.212. The third kappa shape index (κ3) is 5.59. The third-order valence-corrected chi connectivity index (χ3v) is 0.496. The molecule has 0 bridgehead atoms. The first-order valence-corrected chi connectivity index (χ1v) is 2.13. The summed E-state index contributed by atoms with van der Waals surface area (Å²) in [6.45, 7) is 4.53. The van der Waals surface area contributed by atoms with E-state index in [2.05, 4.69) is 17.2 Å². The Morgan fingerprint density at radius 3 is 3.00 bits per heavy atom. The van der Waals surface area contributed by atoms with Crippen molar-refractivity contribution in [3.8, 4) is 0 Å². The van der Waals surface area contributed by atoms with Gasteiger partial charge in [-0.1, -0.05) is 0 Å². The molecule has 0 amide bonds. The highest BCUT2D eigenvalue weighted by molar-refractivity contribution is 5.22. The summed E-state index contributed by atoms with van der Waals surface area (Å²) in [7, 11) is 1.71. The zero-order valence-corrected chi connectivity index (χ0v) is 4.48. The fourth-order valence-electron chi connectivity index (χ4n) is 0.212. The maximum Gasteiger partial charge on any atom is 0.0877 e. The summed E-state index contributed by atoms with van der Waals surface area (Å²) >= 11 is 0. The minimum Gasteiger partial charge on any atom is -0.300 e. The van der Waals surface area contributed by atoms with Gasteiger partial charge in [0.25, 0.3) is 0 Å². The second kappa shape index (κ2) is 5.59. The second-order valence-electron chi connectivity index (χ2n) is 1.000. The Labute approximate surface area is 43.3 Å². The van der Waals surface area contributed by atoms with E-state index in [4.69, 9.17) is 4.84 Å². The van der Waals surface area contributed by atoms with E-state index < -0.39 is 0 Å². The molecule has 0 heterocycles. The van der Waals surface area contributed by atoms with Crippen LogP contribution in [-0.4, -0.2) is 26.9 Å². The molecule has 0 unspecified atom stereocenters. The standard InChI is InChI=1S/C4H10N2O/c1-5-3-4-7-6-2/h6H,1,3-4H2,2H3. The molecule has 0 aliphatic heterocycles. The maximum atomic E-state index is 4.69. The van der Waals surface area contributed by atoms with Crippen LogP contribution in [0.2, 0.25) is 0 Å². The lowest BCUT2D eigenvalue weighted by Gasteiger charge is -1.93. The minimum atomic E-state index is 0.597. The van der Waals surface area contributed by atoms with Crippen LogP contribution in [0.1, 0.15) is 0 Å². The van der Waals surface area contributed by atoms with Gasteiger partial charge in [-0.15, -0.1) is 0 Å². The van der Waals surface area contributed by atoms with E-state index in [1.165, 1.54) is 0 Å². The summed E-state index contributed by atoms with van der Waals surface area (Å²) in [5.74, 6) is 0. The van der Waals surface area contributed by atoms with Crippen molar-refractivity contribution in [3.63, 3.8) is 0 Å². The highest BCUT2D eigenvalue weighted by atomic mass is 16.6. The fraction of sp³-hybridized carbons (Fsp3) is 0.750. The normalized spacial score (nSPS) is 8.71. The molecule has 1 N–H and O–H groups in total. The van der Waals surface area contributed by atoms with E-state index in [0.717, 1.165) is 0 Å². The summed E-state index contributed by atoms with van der Waals surface area (Å²) in [4.78, 5) is 8.25. The molecule has 0 aliphatic rings. The number of hydrogen-bond donors (Lipinski definition) is 1. The van der Waals surface area contributed by atoms with Crippen LogP contribution in [0.25, 0.3) is 0 Å². The molecule has 0 aromatic heterocycles. The topological polar surface area (TPSA) is 33.6 Å². The molecule has 0 aliphatic carbocycles. The van der Waals surface area contributed by atoms with Crippen LogP contribution in [0.4, 0.5) is 0 Å². The van der Waals surface area contributed by atoms with Crippen molar-refractivity contribution >= 4 is 6.72 Å². The zero-order chi connectivity index (χ0) is 5.54. The van der Waals surface area contributed by atoms with Crippen LogP contribution in [0.15, 0.2) is 4.99 Å². The van der Waals surface area contributed by atoms with Crippen molar-refractivity contribution in [2.24, 2.45) is 4.99 Å². The predicted molar refractivity (Wildman–Crippen MR) is 29.4 cm³/mol. The van der Waals surface area contributed by atoms with E-state index in [-0.39, 0.29) is 0 Å². The number of nitrogens with zero attached hydrogens (tertiary/aromatic N) is 1. The SMILES string of the molecule is C=NCCONC. The third-order valence-electron chi connectivity index (χ3n) is 0.496. The lowest BCUT2D eigenvalue weighted by atomic mass is 10.7. The number of aliphatic imine (C=N–C) groups is 1. The average molecular weight is 102 g/mol. The van der Waals surface area contributed by atoms with Gasteiger partial charge in [0.05, 0.1) is 13.2 Å². The highest BCUT2D eigenvalue weighted by Gasteiger charge is 1.75. The number of hydroxylamine groups is 1. The molecule has 0 saturated heterocycles. The molecule has 3 heteroatoms. The first-order chi connectivity index (χ1) is 3.41. The Morgan fingerprint density at radius 1 is 1.86 bits per heavy atom. The number of rotatable bonds is 4. The lowest BCUT2D eigenvalue weighted by molar-refractivity contribution is 0.0644. The van der Waals surface area contributed by atoms with Gasteiger partial charge in [-0.05, 0) is 6.72 Å².